The van der Waals surface area contributed by atoms with Gasteiger partial charge >= 0.3 is 0 Å². The van der Waals surface area contributed by atoms with Gasteiger partial charge in [0.05, 0.1) is 17.4 Å². The lowest BCUT2D eigenvalue weighted by molar-refractivity contribution is 0.901. The number of hydrogen-bond donors (Lipinski definition) is 0. The maximum atomic E-state index is 6.09. The van der Waals surface area contributed by atoms with Crippen LogP contribution < -0.4 is 0 Å². The summed E-state index contributed by atoms with van der Waals surface area (Å²) >= 11 is 9.58. The number of nitrogens with zero attached hydrogens (tertiary/aromatic N) is 2. The van der Waals surface area contributed by atoms with Crippen LogP contribution in [0.15, 0.2) is 48.7 Å². The van der Waals surface area contributed by atoms with E-state index in [4.69, 9.17) is 11.6 Å². The van der Waals surface area contributed by atoms with Crippen LogP contribution in [-0.4, -0.2) is 9.78 Å². The molecular formula is C14H10BrClN2. The second-order valence-corrected chi connectivity index (χ2v) is 5.02. The fourth-order valence-corrected chi connectivity index (χ4v) is 2.65. The SMILES string of the molecule is Clc1ccc(CBr)c(-n2ncc3ccccc32)c1. The number of hydrogen-bond acceptors (Lipinski definition) is 1. The van der Waals surface area contributed by atoms with Gasteiger partial charge in [0.2, 0.25) is 0 Å². The molecule has 0 aliphatic rings. The normalized spacial score (nSPS) is 11.0. The zero-order chi connectivity index (χ0) is 12.5. The highest BCUT2D eigenvalue weighted by atomic mass is 79.9. The average molecular weight is 322 g/mol. The third kappa shape index (κ3) is 1.93. The molecule has 0 aliphatic heterocycles. The molecule has 1 heterocycles. The van der Waals surface area contributed by atoms with Crippen molar-refractivity contribution in [1.82, 2.24) is 9.78 Å². The van der Waals surface area contributed by atoms with Crippen LogP contribution in [0.3, 0.4) is 0 Å². The standard InChI is InChI=1S/C14H10BrClN2/c15-8-10-5-6-12(16)7-14(10)18-13-4-2-1-3-11(13)9-17-18/h1-7,9H,8H2. The van der Waals surface area contributed by atoms with Gasteiger partial charge in [-0.1, -0.05) is 51.8 Å². The molecule has 0 atom stereocenters. The first-order valence-electron chi connectivity index (χ1n) is 5.57. The van der Waals surface area contributed by atoms with E-state index in [9.17, 15) is 0 Å². The van der Waals surface area contributed by atoms with Crippen LogP contribution in [0.1, 0.15) is 5.56 Å². The van der Waals surface area contributed by atoms with Crippen molar-refractivity contribution >= 4 is 38.4 Å². The molecule has 2 nitrogen and oxygen atoms in total. The fourth-order valence-electron chi connectivity index (χ4n) is 2.01. The van der Waals surface area contributed by atoms with Crippen LogP contribution in [0.4, 0.5) is 0 Å². The van der Waals surface area contributed by atoms with Gasteiger partial charge in [-0.05, 0) is 23.8 Å². The van der Waals surface area contributed by atoms with Crippen molar-refractivity contribution in [3.05, 3.63) is 59.2 Å². The molecule has 2 aromatic carbocycles. The van der Waals surface area contributed by atoms with E-state index < -0.39 is 0 Å². The molecule has 90 valence electrons. The van der Waals surface area contributed by atoms with Crippen LogP contribution in [0.25, 0.3) is 16.6 Å². The predicted molar refractivity (Wildman–Crippen MR) is 78.7 cm³/mol. The summed E-state index contributed by atoms with van der Waals surface area (Å²) in [5.41, 5.74) is 3.26. The number of fused-ring (bicyclic) bond motifs is 1. The highest BCUT2D eigenvalue weighted by Gasteiger charge is 2.09. The van der Waals surface area contributed by atoms with Gasteiger partial charge in [-0.25, -0.2) is 4.68 Å². The first-order chi connectivity index (χ1) is 8.79. The summed E-state index contributed by atoms with van der Waals surface area (Å²) in [5, 5.41) is 7.06. The molecule has 0 fully saturated rings. The highest BCUT2D eigenvalue weighted by Crippen LogP contribution is 2.25. The molecule has 3 aromatic rings. The fraction of sp³-hybridized carbons (Fsp3) is 0.0714. The first-order valence-corrected chi connectivity index (χ1v) is 7.07. The first kappa shape index (κ1) is 11.8. The highest BCUT2D eigenvalue weighted by molar-refractivity contribution is 9.08. The number of alkyl halides is 1. The number of rotatable bonds is 2. The zero-order valence-corrected chi connectivity index (χ0v) is 11.8. The quantitative estimate of drug-likeness (QED) is 0.632. The van der Waals surface area contributed by atoms with E-state index in [0.717, 1.165) is 27.5 Å². The van der Waals surface area contributed by atoms with E-state index in [1.165, 1.54) is 0 Å². The Balaban J connectivity index is 2.29. The maximum absolute atomic E-state index is 6.09. The van der Waals surface area contributed by atoms with E-state index in [1.807, 2.05) is 41.2 Å². The van der Waals surface area contributed by atoms with E-state index in [1.54, 1.807) is 0 Å². The molecule has 3 rings (SSSR count). The van der Waals surface area contributed by atoms with Crippen LogP contribution >= 0.6 is 27.5 Å². The summed E-state index contributed by atoms with van der Waals surface area (Å²) in [6.45, 7) is 0. The summed E-state index contributed by atoms with van der Waals surface area (Å²) in [6, 6.07) is 14.0. The molecule has 0 saturated carbocycles. The number of aromatic nitrogens is 2. The molecule has 0 saturated heterocycles. The van der Waals surface area contributed by atoms with Gasteiger partial charge in [-0.15, -0.1) is 0 Å². The lowest BCUT2D eigenvalue weighted by atomic mass is 10.2. The Morgan fingerprint density at radius 3 is 2.83 bits per heavy atom. The lowest BCUT2D eigenvalue weighted by Gasteiger charge is -2.09. The minimum atomic E-state index is 0.717. The molecule has 4 heteroatoms. The average Bonchev–Trinajstić information content (AvgIpc) is 2.82. The smallest absolute Gasteiger partial charge is 0.0741 e. The van der Waals surface area contributed by atoms with Crippen LogP contribution in [0, 0.1) is 0 Å². The summed E-state index contributed by atoms with van der Waals surface area (Å²) < 4.78 is 1.93. The van der Waals surface area contributed by atoms with Crippen molar-refractivity contribution in [3.63, 3.8) is 0 Å². The lowest BCUT2D eigenvalue weighted by Crippen LogP contribution is -2.00. The Labute approximate surface area is 118 Å². The molecule has 18 heavy (non-hydrogen) atoms. The number of halogens is 2. The largest absolute Gasteiger partial charge is 0.233 e. The van der Waals surface area contributed by atoms with Crippen molar-refractivity contribution in [2.24, 2.45) is 0 Å². The maximum Gasteiger partial charge on any atom is 0.0741 e. The molecular weight excluding hydrogens is 312 g/mol. The molecule has 0 amide bonds. The van der Waals surface area contributed by atoms with E-state index in [-0.39, 0.29) is 0 Å². The van der Waals surface area contributed by atoms with Crippen LogP contribution in [-0.2, 0) is 5.33 Å². The third-order valence-electron chi connectivity index (χ3n) is 2.90. The van der Waals surface area contributed by atoms with Crippen molar-refractivity contribution in [3.8, 4) is 5.69 Å². The monoisotopic (exact) mass is 320 g/mol. The molecule has 0 aliphatic carbocycles. The van der Waals surface area contributed by atoms with Crippen LogP contribution in [0.5, 0.6) is 0 Å². The van der Waals surface area contributed by atoms with Crippen molar-refractivity contribution in [2.75, 3.05) is 0 Å². The summed E-state index contributed by atoms with van der Waals surface area (Å²) in [4.78, 5) is 0. The van der Waals surface area contributed by atoms with E-state index in [2.05, 4.69) is 33.2 Å². The summed E-state index contributed by atoms with van der Waals surface area (Å²) in [7, 11) is 0. The molecule has 0 N–H and O–H groups in total. The zero-order valence-electron chi connectivity index (χ0n) is 9.48. The van der Waals surface area contributed by atoms with E-state index in [0.29, 0.717) is 5.02 Å². The third-order valence-corrected chi connectivity index (χ3v) is 3.74. The Kier molecular flexibility index (Phi) is 3.10. The van der Waals surface area contributed by atoms with Crippen molar-refractivity contribution < 1.29 is 0 Å². The molecule has 0 bridgehead atoms. The minimum Gasteiger partial charge on any atom is -0.233 e. The second-order valence-electron chi connectivity index (χ2n) is 4.02. The molecule has 1 aromatic heterocycles. The van der Waals surface area contributed by atoms with Gasteiger partial charge in [0, 0.05) is 15.7 Å². The van der Waals surface area contributed by atoms with Crippen molar-refractivity contribution in [1.29, 1.82) is 0 Å². The predicted octanol–water partition coefficient (Wildman–Crippen LogP) is 4.57. The Morgan fingerprint density at radius 2 is 2.00 bits per heavy atom. The van der Waals surface area contributed by atoms with Gasteiger partial charge in [0.15, 0.2) is 0 Å². The van der Waals surface area contributed by atoms with Gasteiger partial charge in [0.1, 0.15) is 0 Å². The van der Waals surface area contributed by atoms with Crippen molar-refractivity contribution in [2.45, 2.75) is 5.33 Å². The molecule has 0 unspecified atom stereocenters. The van der Waals surface area contributed by atoms with Gasteiger partial charge in [0.25, 0.3) is 0 Å². The Morgan fingerprint density at radius 1 is 1.17 bits per heavy atom. The molecule has 0 spiro atoms. The van der Waals surface area contributed by atoms with Gasteiger partial charge < -0.3 is 0 Å². The Bertz CT molecular complexity index is 706. The number of para-hydroxylation sites is 1. The summed E-state index contributed by atoms with van der Waals surface area (Å²) in [5.74, 6) is 0. The van der Waals surface area contributed by atoms with E-state index >= 15 is 0 Å². The minimum absolute atomic E-state index is 0.717. The van der Waals surface area contributed by atoms with Crippen LogP contribution in [0.2, 0.25) is 5.02 Å². The van der Waals surface area contributed by atoms with Gasteiger partial charge in [-0.2, -0.15) is 5.10 Å². The number of benzene rings is 2. The topological polar surface area (TPSA) is 17.8 Å². The summed E-state index contributed by atoms with van der Waals surface area (Å²) in [6.07, 6.45) is 1.87. The van der Waals surface area contributed by atoms with Gasteiger partial charge in [-0.3, -0.25) is 0 Å². The Hall–Kier alpha value is -1.32. The molecule has 0 radical (unpaired) electrons. The second kappa shape index (κ2) is 4.75.